The van der Waals surface area contributed by atoms with Gasteiger partial charge in [-0.2, -0.15) is 0 Å². The van der Waals surface area contributed by atoms with Crippen LogP contribution in [0.2, 0.25) is 0 Å². The number of amides is 1. The summed E-state index contributed by atoms with van der Waals surface area (Å²) in [6.07, 6.45) is 1.28. The summed E-state index contributed by atoms with van der Waals surface area (Å²) in [5, 5.41) is 13.0. The Labute approximate surface area is 119 Å². The number of carbonyl (C=O) groups excluding carboxylic acids is 1. The van der Waals surface area contributed by atoms with Crippen molar-refractivity contribution in [3.63, 3.8) is 0 Å². The van der Waals surface area contributed by atoms with E-state index in [0.29, 0.717) is 13.1 Å². The van der Waals surface area contributed by atoms with Gasteiger partial charge in [0.1, 0.15) is 0 Å². The summed E-state index contributed by atoms with van der Waals surface area (Å²) in [5.74, 6) is 0.0354. The number of likely N-dealkylation sites (tertiary alicyclic amines) is 1. The first-order valence-electron chi connectivity index (χ1n) is 7.08. The van der Waals surface area contributed by atoms with Gasteiger partial charge in [-0.05, 0) is 30.5 Å². The molecule has 20 heavy (non-hydrogen) atoms. The van der Waals surface area contributed by atoms with Crippen LogP contribution in [0.15, 0.2) is 24.3 Å². The van der Waals surface area contributed by atoms with Crippen molar-refractivity contribution in [2.24, 2.45) is 5.73 Å². The average molecular weight is 277 g/mol. The van der Waals surface area contributed by atoms with E-state index in [1.165, 1.54) is 0 Å². The molecule has 0 radical (unpaired) electrons. The zero-order valence-electron chi connectivity index (χ0n) is 11.9. The Morgan fingerprint density at radius 3 is 2.80 bits per heavy atom. The fourth-order valence-corrected chi connectivity index (χ4v) is 2.71. The van der Waals surface area contributed by atoms with Gasteiger partial charge >= 0.3 is 0 Å². The number of carbonyl (C=O) groups is 1. The number of nitrogens with one attached hydrogen (secondary N) is 1. The fourth-order valence-electron chi connectivity index (χ4n) is 2.71. The number of aliphatic hydroxyl groups excluding tert-OH is 1. The van der Waals surface area contributed by atoms with Crippen molar-refractivity contribution >= 4 is 5.91 Å². The van der Waals surface area contributed by atoms with Gasteiger partial charge in [-0.3, -0.25) is 9.69 Å². The standard InChI is InChI=1S/C15H23N3O2/c1-17-15(20)13-3-2-8-18(13)10-14(19)12-6-4-11(9-16)5-7-12/h4-7,13-14,19H,2-3,8-10,16H2,1H3,(H,17,20). The van der Waals surface area contributed by atoms with Gasteiger partial charge < -0.3 is 16.2 Å². The van der Waals surface area contributed by atoms with Crippen LogP contribution in [-0.2, 0) is 11.3 Å². The van der Waals surface area contributed by atoms with E-state index >= 15 is 0 Å². The van der Waals surface area contributed by atoms with E-state index in [1.54, 1.807) is 7.05 Å². The molecule has 5 nitrogen and oxygen atoms in total. The Balaban J connectivity index is 1.99. The maximum Gasteiger partial charge on any atom is 0.237 e. The number of aliphatic hydroxyl groups is 1. The molecule has 4 N–H and O–H groups in total. The van der Waals surface area contributed by atoms with Crippen LogP contribution >= 0.6 is 0 Å². The third-order valence-corrected chi connectivity index (χ3v) is 3.92. The molecule has 1 aliphatic rings. The van der Waals surface area contributed by atoms with E-state index in [0.717, 1.165) is 30.5 Å². The zero-order valence-corrected chi connectivity index (χ0v) is 11.9. The van der Waals surface area contributed by atoms with E-state index in [1.807, 2.05) is 24.3 Å². The Morgan fingerprint density at radius 2 is 2.20 bits per heavy atom. The predicted octanol–water partition coefficient (Wildman–Crippen LogP) is 0.389. The first-order chi connectivity index (χ1) is 9.65. The van der Waals surface area contributed by atoms with Crippen LogP contribution in [0, 0.1) is 0 Å². The van der Waals surface area contributed by atoms with Gasteiger partial charge in [0.25, 0.3) is 0 Å². The van der Waals surface area contributed by atoms with E-state index < -0.39 is 6.10 Å². The first kappa shape index (κ1) is 15.0. The molecule has 1 saturated heterocycles. The van der Waals surface area contributed by atoms with Crippen LogP contribution in [0.5, 0.6) is 0 Å². The Morgan fingerprint density at radius 1 is 1.50 bits per heavy atom. The molecule has 110 valence electrons. The number of hydrogen-bond donors (Lipinski definition) is 3. The fraction of sp³-hybridized carbons (Fsp3) is 0.533. The number of nitrogens with zero attached hydrogens (tertiary/aromatic N) is 1. The van der Waals surface area contributed by atoms with Crippen LogP contribution in [0.4, 0.5) is 0 Å². The van der Waals surface area contributed by atoms with E-state index in [9.17, 15) is 9.90 Å². The number of benzene rings is 1. The minimum Gasteiger partial charge on any atom is -0.387 e. The van der Waals surface area contributed by atoms with Gasteiger partial charge in [0, 0.05) is 20.1 Å². The lowest BCUT2D eigenvalue weighted by Gasteiger charge is -2.25. The highest BCUT2D eigenvalue weighted by molar-refractivity contribution is 5.81. The van der Waals surface area contributed by atoms with Gasteiger partial charge in [0.2, 0.25) is 5.91 Å². The Kier molecular flexibility index (Phi) is 5.11. The van der Waals surface area contributed by atoms with Crippen molar-refractivity contribution in [2.45, 2.75) is 31.5 Å². The van der Waals surface area contributed by atoms with E-state index in [-0.39, 0.29) is 11.9 Å². The second-order valence-electron chi connectivity index (χ2n) is 5.23. The number of nitrogens with two attached hydrogens (primary N) is 1. The van der Waals surface area contributed by atoms with Crippen molar-refractivity contribution in [2.75, 3.05) is 20.1 Å². The lowest BCUT2D eigenvalue weighted by atomic mass is 10.1. The number of β-amino-alcohol motifs (C(OH)–C–C–N with tert-alkyl or cyclic N) is 1. The van der Waals surface area contributed by atoms with E-state index in [4.69, 9.17) is 5.73 Å². The highest BCUT2D eigenvalue weighted by Crippen LogP contribution is 2.22. The summed E-state index contributed by atoms with van der Waals surface area (Å²) in [6, 6.07) is 7.55. The summed E-state index contributed by atoms with van der Waals surface area (Å²) in [5.41, 5.74) is 7.47. The molecule has 1 aromatic rings. The van der Waals surface area contributed by atoms with Crippen LogP contribution in [0.25, 0.3) is 0 Å². The van der Waals surface area contributed by atoms with Crippen molar-refractivity contribution in [1.29, 1.82) is 0 Å². The van der Waals surface area contributed by atoms with Crippen LogP contribution in [-0.4, -0.2) is 42.1 Å². The molecule has 2 rings (SSSR count). The zero-order chi connectivity index (χ0) is 14.5. The van der Waals surface area contributed by atoms with Gasteiger partial charge in [-0.15, -0.1) is 0 Å². The molecule has 0 spiro atoms. The smallest absolute Gasteiger partial charge is 0.237 e. The van der Waals surface area contributed by atoms with Crippen molar-refractivity contribution in [3.8, 4) is 0 Å². The number of rotatable bonds is 5. The molecule has 1 amide bonds. The minimum atomic E-state index is -0.577. The first-order valence-corrected chi connectivity index (χ1v) is 7.08. The lowest BCUT2D eigenvalue weighted by Crippen LogP contribution is -2.43. The van der Waals surface area contributed by atoms with Gasteiger partial charge in [0.05, 0.1) is 12.1 Å². The average Bonchev–Trinajstić information content (AvgIpc) is 2.94. The normalized spacial score (nSPS) is 20.9. The maximum absolute atomic E-state index is 11.8. The quantitative estimate of drug-likeness (QED) is 0.727. The van der Waals surface area contributed by atoms with Gasteiger partial charge in [-0.25, -0.2) is 0 Å². The van der Waals surface area contributed by atoms with Crippen molar-refractivity contribution in [3.05, 3.63) is 35.4 Å². The van der Waals surface area contributed by atoms with Crippen LogP contribution < -0.4 is 11.1 Å². The second-order valence-corrected chi connectivity index (χ2v) is 5.23. The van der Waals surface area contributed by atoms with Gasteiger partial charge in [-0.1, -0.05) is 24.3 Å². The third-order valence-electron chi connectivity index (χ3n) is 3.92. The topological polar surface area (TPSA) is 78.6 Å². The molecule has 1 aliphatic heterocycles. The molecule has 1 fully saturated rings. The molecule has 1 aromatic carbocycles. The number of hydrogen-bond acceptors (Lipinski definition) is 4. The summed E-state index contributed by atoms with van der Waals surface area (Å²) in [6.45, 7) is 1.84. The second kappa shape index (κ2) is 6.83. The highest BCUT2D eigenvalue weighted by atomic mass is 16.3. The lowest BCUT2D eigenvalue weighted by molar-refractivity contribution is -0.125. The highest BCUT2D eigenvalue weighted by Gasteiger charge is 2.31. The van der Waals surface area contributed by atoms with E-state index in [2.05, 4.69) is 10.2 Å². The molecule has 2 unspecified atom stereocenters. The van der Waals surface area contributed by atoms with Crippen molar-refractivity contribution in [1.82, 2.24) is 10.2 Å². The molecule has 5 heteroatoms. The molecular weight excluding hydrogens is 254 g/mol. The summed E-state index contributed by atoms with van der Waals surface area (Å²) in [7, 11) is 1.65. The summed E-state index contributed by atoms with van der Waals surface area (Å²) < 4.78 is 0. The number of likely N-dealkylation sites (N-methyl/N-ethyl adjacent to an activating group) is 1. The van der Waals surface area contributed by atoms with Crippen LogP contribution in [0.1, 0.15) is 30.1 Å². The molecule has 2 atom stereocenters. The monoisotopic (exact) mass is 277 g/mol. The van der Waals surface area contributed by atoms with Gasteiger partial charge in [0.15, 0.2) is 0 Å². The molecule has 0 bridgehead atoms. The summed E-state index contributed by atoms with van der Waals surface area (Å²) >= 11 is 0. The summed E-state index contributed by atoms with van der Waals surface area (Å²) in [4.78, 5) is 13.8. The minimum absolute atomic E-state index is 0.0354. The SMILES string of the molecule is CNC(=O)C1CCCN1CC(O)c1ccc(CN)cc1. The predicted molar refractivity (Wildman–Crippen MR) is 78.0 cm³/mol. The Bertz CT molecular complexity index is 447. The molecule has 0 aliphatic carbocycles. The molecule has 0 aromatic heterocycles. The molecule has 0 saturated carbocycles. The molecular formula is C15H23N3O2. The molecule has 1 heterocycles. The van der Waals surface area contributed by atoms with Crippen molar-refractivity contribution < 1.29 is 9.90 Å². The third kappa shape index (κ3) is 3.36. The van der Waals surface area contributed by atoms with Crippen LogP contribution in [0.3, 0.4) is 0 Å². The Hall–Kier alpha value is -1.43. The largest absolute Gasteiger partial charge is 0.387 e. The maximum atomic E-state index is 11.8.